The molecule has 0 unspecified atom stereocenters. The summed E-state index contributed by atoms with van der Waals surface area (Å²) in [6.07, 6.45) is 1.01. The Morgan fingerprint density at radius 2 is 1.55 bits per heavy atom. The van der Waals surface area contributed by atoms with E-state index in [-0.39, 0.29) is 0 Å². The first-order chi connectivity index (χ1) is 14.2. The molecule has 0 aromatic heterocycles. The van der Waals surface area contributed by atoms with Crippen LogP contribution in [0.2, 0.25) is 0 Å². The summed E-state index contributed by atoms with van der Waals surface area (Å²) in [7, 11) is 0. The summed E-state index contributed by atoms with van der Waals surface area (Å²) in [5.74, 6) is 0.905. The molecule has 0 bridgehead atoms. The highest BCUT2D eigenvalue weighted by molar-refractivity contribution is 9.10. The number of para-hydroxylation sites is 1. The van der Waals surface area contributed by atoms with Gasteiger partial charge in [-0.2, -0.15) is 0 Å². The highest BCUT2D eigenvalue weighted by Crippen LogP contribution is 2.27. The van der Waals surface area contributed by atoms with Gasteiger partial charge in [0.2, 0.25) is 0 Å². The van der Waals surface area contributed by atoms with Crippen LogP contribution in [0.5, 0.6) is 5.75 Å². The number of hydrogen-bond acceptors (Lipinski definition) is 2. The summed E-state index contributed by atoms with van der Waals surface area (Å²) in [5.41, 5.74) is 4.82. The molecule has 4 rings (SSSR count). The molecule has 0 saturated heterocycles. The second kappa shape index (κ2) is 9.15. The highest BCUT2D eigenvalue weighted by Gasteiger charge is 2.08. The number of nitrogens with one attached hydrogen (secondary N) is 1. The Bertz CT molecular complexity index is 1120. The van der Waals surface area contributed by atoms with Gasteiger partial charge in [0.15, 0.2) is 0 Å². The molecule has 0 amide bonds. The Morgan fingerprint density at radius 3 is 2.45 bits per heavy atom. The predicted molar refractivity (Wildman–Crippen MR) is 126 cm³/mol. The zero-order valence-electron chi connectivity index (χ0n) is 16.5. The first kappa shape index (κ1) is 19.5. The number of ether oxygens (including phenoxy) is 1. The van der Waals surface area contributed by atoms with Crippen molar-refractivity contribution in [1.82, 2.24) is 0 Å². The van der Waals surface area contributed by atoms with Gasteiger partial charge < -0.3 is 10.1 Å². The highest BCUT2D eigenvalue weighted by atomic mass is 79.9. The second-order valence-electron chi connectivity index (χ2n) is 7.04. The quantitative estimate of drug-likeness (QED) is 0.320. The van der Waals surface area contributed by atoms with Crippen molar-refractivity contribution in [3.63, 3.8) is 0 Å². The van der Waals surface area contributed by atoms with Crippen molar-refractivity contribution in [2.45, 2.75) is 26.5 Å². The second-order valence-corrected chi connectivity index (χ2v) is 7.96. The molecule has 29 heavy (non-hydrogen) atoms. The van der Waals surface area contributed by atoms with E-state index in [0.29, 0.717) is 13.2 Å². The van der Waals surface area contributed by atoms with Gasteiger partial charge in [0, 0.05) is 22.3 Å². The van der Waals surface area contributed by atoms with Gasteiger partial charge in [0.05, 0.1) is 0 Å². The van der Waals surface area contributed by atoms with Crippen molar-refractivity contribution >= 4 is 32.4 Å². The largest absolute Gasteiger partial charge is 0.489 e. The zero-order valence-corrected chi connectivity index (χ0v) is 18.1. The number of rotatable bonds is 7. The van der Waals surface area contributed by atoms with Gasteiger partial charge >= 0.3 is 0 Å². The van der Waals surface area contributed by atoms with Crippen LogP contribution >= 0.6 is 15.9 Å². The fourth-order valence-electron chi connectivity index (χ4n) is 3.59. The van der Waals surface area contributed by atoms with Crippen LogP contribution in [0.1, 0.15) is 23.6 Å². The maximum atomic E-state index is 6.27. The molecule has 0 aliphatic heterocycles. The summed E-state index contributed by atoms with van der Waals surface area (Å²) in [5, 5.41) is 6.05. The summed E-state index contributed by atoms with van der Waals surface area (Å²) in [6, 6.07) is 29.4. The van der Waals surface area contributed by atoms with E-state index in [9.17, 15) is 0 Å². The minimum Gasteiger partial charge on any atom is -0.489 e. The summed E-state index contributed by atoms with van der Waals surface area (Å²) in [6.45, 7) is 3.43. The molecule has 0 saturated carbocycles. The number of hydrogen-bond donors (Lipinski definition) is 1. The van der Waals surface area contributed by atoms with Gasteiger partial charge in [-0.05, 0) is 52.6 Å². The maximum absolute atomic E-state index is 6.27. The zero-order chi connectivity index (χ0) is 20.1. The fraction of sp³-hybridized carbons (Fsp3) is 0.154. The molecule has 0 atom stereocenters. The van der Waals surface area contributed by atoms with Crippen molar-refractivity contribution in [2.75, 3.05) is 5.32 Å². The topological polar surface area (TPSA) is 21.3 Å². The molecular formula is C26H24BrNO. The molecular weight excluding hydrogens is 422 g/mol. The minimum atomic E-state index is 0.543. The van der Waals surface area contributed by atoms with Gasteiger partial charge in [-0.1, -0.05) is 83.5 Å². The third-order valence-electron chi connectivity index (χ3n) is 5.15. The minimum absolute atomic E-state index is 0.543. The lowest BCUT2D eigenvalue weighted by atomic mass is 10.1. The van der Waals surface area contributed by atoms with E-state index in [2.05, 4.69) is 101 Å². The van der Waals surface area contributed by atoms with Gasteiger partial charge in [-0.25, -0.2) is 0 Å². The summed E-state index contributed by atoms with van der Waals surface area (Å²) >= 11 is 3.60. The molecule has 0 fully saturated rings. The standard InChI is InChI=1S/C26H24BrNO/c1-2-19-8-4-6-13-25(19)28-17-22-16-23(27)14-15-26(22)29-18-21-11-7-10-20-9-3-5-12-24(20)21/h3-16,28H,2,17-18H2,1H3. The van der Waals surface area contributed by atoms with Gasteiger partial charge in [-0.3, -0.25) is 0 Å². The lowest BCUT2D eigenvalue weighted by molar-refractivity contribution is 0.304. The van der Waals surface area contributed by atoms with Gasteiger partial charge in [0.25, 0.3) is 0 Å². The molecule has 4 aromatic carbocycles. The molecule has 0 spiro atoms. The number of halogens is 1. The van der Waals surface area contributed by atoms with Crippen molar-refractivity contribution in [3.05, 3.63) is 106 Å². The molecule has 146 valence electrons. The molecule has 1 N–H and O–H groups in total. The van der Waals surface area contributed by atoms with E-state index in [0.717, 1.165) is 22.2 Å². The van der Waals surface area contributed by atoms with Gasteiger partial charge in [0.1, 0.15) is 12.4 Å². The molecule has 4 aromatic rings. The monoisotopic (exact) mass is 445 g/mol. The van der Waals surface area contributed by atoms with Crippen molar-refractivity contribution in [2.24, 2.45) is 0 Å². The van der Waals surface area contributed by atoms with E-state index < -0.39 is 0 Å². The third kappa shape index (κ3) is 4.63. The first-order valence-corrected chi connectivity index (χ1v) is 10.7. The number of anilines is 1. The van der Waals surface area contributed by atoms with Crippen molar-refractivity contribution < 1.29 is 4.74 Å². The lowest BCUT2D eigenvalue weighted by Crippen LogP contribution is -2.05. The Kier molecular flexibility index (Phi) is 6.16. The molecule has 0 aliphatic rings. The Labute approximate surface area is 180 Å². The van der Waals surface area contributed by atoms with Crippen LogP contribution in [0.15, 0.2) is 89.4 Å². The summed E-state index contributed by atoms with van der Waals surface area (Å²) < 4.78 is 7.32. The van der Waals surface area contributed by atoms with Crippen LogP contribution < -0.4 is 10.1 Å². The van der Waals surface area contributed by atoms with Gasteiger partial charge in [-0.15, -0.1) is 0 Å². The van der Waals surface area contributed by atoms with E-state index in [1.165, 1.54) is 27.6 Å². The average Bonchev–Trinajstić information content (AvgIpc) is 2.77. The number of fused-ring (bicyclic) bond motifs is 1. The van der Waals surface area contributed by atoms with Crippen LogP contribution in [-0.4, -0.2) is 0 Å². The van der Waals surface area contributed by atoms with Crippen molar-refractivity contribution in [3.8, 4) is 5.75 Å². The molecule has 3 heteroatoms. The molecule has 2 nitrogen and oxygen atoms in total. The van der Waals surface area contributed by atoms with Crippen LogP contribution in [0.3, 0.4) is 0 Å². The Balaban J connectivity index is 1.53. The Hall–Kier alpha value is -2.78. The number of benzene rings is 4. The predicted octanol–water partition coefficient (Wildman–Crippen LogP) is 7.36. The van der Waals surface area contributed by atoms with E-state index >= 15 is 0 Å². The lowest BCUT2D eigenvalue weighted by Gasteiger charge is -2.16. The smallest absolute Gasteiger partial charge is 0.124 e. The van der Waals surface area contributed by atoms with E-state index in [1.54, 1.807) is 0 Å². The van der Waals surface area contributed by atoms with Crippen LogP contribution in [0.25, 0.3) is 10.8 Å². The van der Waals surface area contributed by atoms with E-state index in [4.69, 9.17) is 4.74 Å². The van der Waals surface area contributed by atoms with Crippen LogP contribution in [0, 0.1) is 0 Å². The SMILES string of the molecule is CCc1ccccc1NCc1cc(Br)ccc1OCc1cccc2ccccc12. The average molecular weight is 446 g/mol. The van der Waals surface area contributed by atoms with Crippen LogP contribution in [0.4, 0.5) is 5.69 Å². The third-order valence-corrected chi connectivity index (χ3v) is 5.65. The van der Waals surface area contributed by atoms with E-state index in [1.807, 2.05) is 12.1 Å². The first-order valence-electron chi connectivity index (χ1n) is 9.94. The molecule has 0 radical (unpaired) electrons. The maximum Gasteiger partial charge on any atom is 0.124 e. The normalized spacial score (nSPS) is 10.8. The molecule has 0 heterocycles. The molecule has 0 aliphatic carbocycles. The summed E-state index contributed by atoms with van der Waals surface area (Å²) in [4.78, 5) is 0. The number of aryl methyl sites for hydroxylation is 1. The van der Waals surface area contributed by atoms with Crippen molar-refractivity contribution in [1.29, 1.82) is 0 Å². The Morgan fingerprint density at radius 1 is 0.793 bits per heavy atom. The fourth-order valence-corrected chi connectivity index (χ4v) is 4.00. The van der Waals surface area contributed by atoms with Crippen LogP contribution in [-0.2, 0) is 19.6 Å².